The monoisotopic (exact) mass is 212 g/mol. The van der Waals surface area contributed by atoms with E-state index < -0.39 is 0 Å². The van der Waals surface area contributed by atoms with Gasteiger partial charge in [0.05, 0.1) is 12.1 Å². The summed E-state index contributed by atoms with van der Waals surface area (Å²) in [5.74, 6) is 0.216. The number of amides is 1. The van der Waals surface area contributed by atoms with E-state index >= 15 is 0 Å². The third kappa shape index (κ3) is 2.32. The lowest BCUT2D eigenvalue weighted by molar-refractivity contribution is -0.138. The van der Waals surface area contributed by atoms with Crippen LogP contribution in [0, 0.1) is 0 Å². The average molecular weight is 212 g/mol. The van der Waals surface area contributed by atoms with Gasteiger partial charge in [-0.25, -0.2) is 0 Å². The zero-order valence-electron chi connectivity index (χ0n) is 9.35. The summed E-state index contributed by atoms with van der Waals surface area (Å²) < 4.78 is 0. The molecule has 1 amide bonds. The highest BCUT2D eigenvalue weighted by Crippen LogP contribution is 2.19. The van der Waals surface area contributed by atoms with Gasteiger partial charge < -0.3 is 10.0 Å². The average Bonchev–Trinajstić information content (AvgIpc) is 2.63. The molecule has 0 radical (unpaired) electrons. The molecule has 0 aliphatic carbocycles. The smallest absolute Gasteiger partial charge is 0.240 e. The van der Waals surface area contributed by atoms with Gasteiger partial charge in [0.15, 0.2) is 0 Å². The van der Waals surface area contributed by atoms with Crippen molar-refractivity contribution >= 4 is 5.91 Å². The van der Waals surface area contributed by atoms with E-state index in [9.17, 15) is 9.90 Å². The lowest BCUT2D eigenvalue weighted by atomic mass is 10.1. The molecule has 2 atom stereocenters. The first kappa shape index (κ1) is 10.9. The third-order valence-electron chi connectivity index (χ3n) is 3.51. The predicted octanol–water partition coefficient (Wildman–Crippen LogP) is 0.0639. The van der Waals surface area contributed by atoms with E-state index in [1.54, 1.807) is 0 Å². The van der Waals surface area contributed by atoms with Gasteiger partial charge in [0.2, 0.25) is 5.91 Å². The summed E-state index contributed by atoms with van der Waals surface area (Å²) in [4.78, 5) is 16.1. The topological polar surface area (TPSA) is 43.8 Å². The molecule has 0 bridgehead atoms. The number of nitrogens with zero attached hydrogens (tertiary/aromatic N) is 2. The fourth-order valence-electron chi connectivity index (χ4n) is 2.59. The van der Waals surface area contributed by atoms with Gasteiger partial charge in [0, 0.05) is 13.1 Å². The van der Waals surface area contributed by atoms with Gasteiger partial charge in [-0.15, -0.1) is 0 Å². The number of hydrogen-bond acceptors (Lipinski definition) is 3. The number of aliphatic hydroxyl groups excluding tert-OH is 1. The minimum Gasteiger partial charge on any atom is -0.391 e. The van der Waals surface area contributed by atoms with Crippen molar-refractivity contribution in [1.82, 2.24) is 9.80 Å². The van der Waals surface area contributed by atoms with Crippen LogP contribution in [0.25, 0.3) is 0 Å². The molecule has 0 spiro atoms. The van der Waals surface area contributed by atoms with Crippen LogP contribution in [0.2, 0.25) is 0 Å². The summed E-state index contributed by atoms with van der Waals surface area (Å²) in [5.41, 5.74) is 0. The molecule has 0 saturated carbocycles. The maximum Gasteiger partial charge on any atom is 0.240 e. The van der Waals surface area contributed by atoms with E-state index in [1.165, 1.54) is 0 Å². The number of aliphatic hydroxyl groups is 1. The number of likely N-dealkylation sites (tertiary alicyclic amines) is 2. The summed E-state index contributed by atoms with van der Waals surface area (Å²) in [7, 11) is 2.01. The van der Waals surface area contributed by atoms with Gasteiger partial charge in [0.25, 0.3) is 0 Å². The summed E-state index contributed by atoms with van der Waals surface area (Å²) in [6.07, 6.45) is 3.55. The number of likely N-dealkylation sites (N-methyl/N-ethyl adjacent to an activating group) is 1. The van der Waals surface area contributed by atoms with Crippen molar-refractivity contribution in [3.8, 4) is 0 Å². The van der Waals surface area contributed by atoms with Crippen molar-refractivity contribution in [1.29, 1.82) is 0 Å². The summed E-state index contributed by atoms with van der Waals surface area (Å²) in [5, 5.41) is 9.53. The Hall–Kier alpha value is -0.610. The highest BCUT2D eigenvalue weighted by Gasteiger charge is 2.33. The van der Waals surface area contributed by atoms with Crippen LogP contribution in [0.1, 0.15) is 25.7 Å². The van der Waals surface area contributed by atoms with Crippen LogP contribution in [0.4, 0.5) is 0 Å². The Labute approximate surface area is 90.9 Å². The minimum atomic E-state index is -0.311. The van der Waals surface area contributed by atoms with Gasteiger partial charge in [-0.1, -0.05) is 0 Å². The molecule has 2 aliphatic heterocycles. The van der Waals surface area contributed by atoms with Crippen LogP contribution >= 0.6 is 0 Å². The summed E-state index contributed by atoms with van der Waals surface area (Å²) in [6.45, 7) is 2.37. The largest absolute Gasteiger partial charge is 0.391 e. The molecule has 2 unspecified atom stereocenters. The van der Waals surface area contributed by atoms with Crippen molar-refractivity contribution in [3.05, 3.63) is 0 Å². The van der Waals surface area contributed by atoms with Crippen molar-refractivity contribution in [2.75, 3.05) is 26.7 Å². The van der Waals surface area contributed by atoms with E-state index in [-0.39, 0.29) is 18.1 Å². The van der Waals surface area contributed by atoms with Crippen molar-refractivity contribution in [2.45, 2.75) is 37.8 Å². The molecule has 86 valence electrons. The molecule has 4 heteroatoms. The van der Waals surface area contributed by atoms with Crippen molar-refractivity contribution in [3.63, 3.8) is 0 Å². The van der Waals surface area contributed by atoms with E-state index in [4.69, 9.17) is 0 Å². The highest BCUT2D eigenvalue weighted by atomic mass is 16.3. The Morgan fingerprint density at radius 3 is 2.60 bits per heavy atom. The van der Waals surface area contributed by atoms with E-state index in [1.807, 2.05) is 11.9 Å². The highest BCUT2D eigenvalue weighted by molar-refractivity contribution is 5.82. The molecule has 4 nitrogen and oxygen atoms in total. The van der Waals surface area contributed by atoms with Crippen LogP contribution in [-0.2, 0) is 4.79 Å². The SMILES string of the molecule is CN1CCCC1C(=O)N1CCCC(O)C1. The first-order valence-corrected chi connectivity index (χ1v) is 5.85. The normalized spacial score (nSPS) is 33.3. The fourth-order valence-corrected chi connectivity index (χ4v) is 2.59. The fraction of sp³-hybridized carbons (Fsp3) is 0.909. The summed E-state index contributed by atoms with van der Waals surface area (Å²) in [6, 6.07) is 0.0651. The molecule has 15 heavy (non-hydrogen) atoms. The Morgan fingerprint density at radius 1 is 1.27 bits per heavy atom. The lowest BCUT2D eigenvalue weighted by Crippen LogP contribution is -2.49. The van der Waals surface area contributed by atoms with Crippen LogP contribution < -0.4 is 0 Å². The Morgan fingerprint density at radius 2 is 2.00 bits per heavy atom. The second kappa shape index (κ2) is 4.49. The second-order valence-electron chi connectivity index (χ2n) is 4.72. The zero-order valence-corrected chi connectivity index (χ0v) is 9.35. The van der Waals surface area contributed by atoms with Gasteiger partial charge in [0.1, 0.15) is 0 Å². The van der Waals surface area contributed by atoms with Gasteiger partial charge in [-0.3, -0.25) is 9.69 Å². The lowest BCUT2D eigenvalue weighted by Gasteiger charge is -2.33. The van der Waals surface area contributed by atoms with Gasteiger partial charge in [-0.2, -0.15) is 0 Å². The number of β-amino-alcohol motifs (C(OH)–C–C–N with tert-alkyl or cyclic N) is 1. The zero-order chi connectivity index (χ0) is 10.8. The van der Waals surface area contributed by atoms with Crippen LogP contribution in [0.3, 0.4) is 0 Å². The number of carbonyl (C=O) groups excluding carboxylic acids is 1. The quantitative estimate of drug-likeness (QED) is 0.668. The maximum atomic E-state index is 12.1. The number of rotatable bonds is 1. The number of hydrogen-bond donors (Lipinski definition) is 1. The predicted molar refractivity (Wildman–Crippen MR) is 57.5 cm³/mol. The van der Waals surface area contributed by atoms with E-state index in [0.717, 1.165) is 38.8 Å². The first-order chi connectivity index (χ1) is 7.18. The van der Waals surface area contributed by atoms with Crippen LogP contribution in [0.15, 0.2) is 0 Å². The molecule has 2 fully saturated rings. The van der Waals surface area contributed by atoms with Gasteiger partial charge >= 0.3 is 0 Å². The van der Waals surface area contributed by atoms with Crippen molar-refractivity contribution in [2.24, 2.45) is 0 Å². The Kier molecular flexibility index (Phi) is 3.26. The maximum absolute atomic E-state index is 12.1. The first-order valence-electron chi connectivity index (χ1n) is 5.85. The molecule has 0 aromatic heterocycles. The number of piperidine rings is 1. The second-order valence-corrected chi connectivity index (χ2v) is 4.72. The van der Waals surface area contributed by atoms with Crippen molar-refractivity contribution < 1.29 is 9.90 Å². The Bertz CT molecular complexity index is 245. The molecule has 2 rings (SSSR count). The molecule has 2 heterocycles. The molecule has 0 aromatic carbocycles. The number of carbonyl (C=O) groups is 1. The third-order valence-corrected chi connectivity index (χ3v) is 3.51. The molecule has 0 aromatic rings. The minimum absolute atomic E-state index is 0.0651. The Balaban J connectivity index is 1.94. The molecule has 2 aliphatic rings. The van der Waals surface area contributed by atoms with Gasteiger partial charge in [-0.05, 0) is 39.3 Å². The van der Waals surface area contributed by atoms with E-state index in [2.05, 4.69) is 4.90 Å². The molecular formula is C11H20N2O2. The molecule has 1 N–H and O–H groups in total. The molecular weight excluding hydrogens is 192 g/mol. The van der Waals surface area contributed by atoms with E-state index in [0.29, 0.717) is 6.54 Å². The van der Waals surface area contributed by atoms with Crippen LogP contribution in [-0.4, -0.2) is 59.6 Å². The molecule has 2 saturated heterocycles. The standard InChI is InChI=1S/C11H20N2O2/c1-12-6-3-5-10(12)11(15)13-7-2-4-9(14)8-13/h9-10,14H,2-8H2,1H3. The summed E-state index contributed by atoms with van der Waals surface area (Å²) >= 11 is 0. The van der Waals surface area contributed by atoms with Crippen LogP contribution in [0.5, 0.6) is 0 Å².